The molecule has 1 aliphatic heterocycles. The average molecular weight is 233 g/mol. The van der Waals surface area contributed by atoms with E-state index in [2.05, 4.69) is 10.3 Å². The van der Waals surface area contributed by atoms with Gasteiger partial charge < -0.3 is 10.2 Å². The number of carbonyl (C=O) groups excluding carboxylic acids is 2. The van der Waals surface area contributed by atoms with Crippen molar-refractivity contribution in [3.8, 4) is 0 Å². The van der Waals surface area contributed by atoms with Crippen LogP contribution in [0.25, 0.3) is 0 Å². The van der Waals surface area contributed by atoms with E-state index >= 15 is 0 Å². The molecule has 5 nitrogen and oxygen atoms in total. The Labute approximate surface area is 99.8 Å². The zero-order chi connectivity index (χ0) is 12.3. The number of likely N-dealkylation sites (tertiary alicyclic amines) is 1. The lowest BCUT2D eigenvalue weighted by atomic mass is 10.2. The summed E-state index contributed by atoms with van der Waals surface area (Å²) in [5, 5.41) is 2.92. The molecule has 1 fully saturated rings. The van der Waals surface area contributed by atoms with Crippen LogP contribution in [0.15, 0.2) is 24.5 Å². The van der Waals surface area contributed by atoms with Crippen LogP contribution in [0.3, 0.4) is 0 Å². The molecule has 17 heavy (non-hydrogen) atoms. The number of rotatable bonds is 2. The normalized spacial score (nSPS) is 19.1. The first-order valence-corrected chi connectivity index (χ1v) is 5.63. The van der Waals surface area contributed by atoms with Crippen molar-refractivity contribution >= 4 is 11.8 Å². The summed E-state index contributed by atoms with van der Waals surface area (Å²) in [4.78, 5) is 28.6. The van der Waals surface area contributed by atoms with Crippen molar-refractivity contribution in [1.82, 2.24) is 15.2 Å². The molecule has 1 saturated heterocycles. The van der Waals surface area contributed by atoms with Crippen LogP contribution in [0.5, 0.6) is 0 Å². The van der Waals surface area contributed by atoms with Crippen molar-refractivity contribution in [3.63, 3.8) is 0 Å². The van der Waals surface area contributed by atoms with E-state index < -0.39 is 0 Å². The second kappa shape index (κ2) is 4.95. The topological polar surface area (TPSA) is 62.3 Å². The number of carbonyl (C=O) groups is 2. The predicted molar refractivity (Wildman–Crippen MR) is 62.4 cm³/mol. The van der Waals surface area contributed by atoms with Crippen LogP contribution >= 0.6 is 0 Å². The van der Waals surface area contributed by atoms with E-state index in [0.717, 1.165) is 13.0 Å². The first kappa shape index (κ1) is 11.6. The highest BCUT2D eigenvalue weighted by atomic mass is 16.2. The van der Waals surface area contributed by atoms with E-state index in [-0.39, 0.29) is 17.9 Å². The highest BCUT2D eigenvalue weighted by Gasteiger charge is 2.25. The zero-order valence-electron chi connectivity index (χ0n) is 9.72. The van der Waals surface area contributed by atoms with E-state index in [1.54, 1.807) is 36.4 Å². The predicted octanol–water partition coefficient (Wildman–Crippen LogP) is 0.432. The Morgan fingerprint density at radius 3 is 2.71 bits per heavy atom. The van der Waals surface area contributed by atoms with Gasteiger partial charge in [-0.1, -0.05) is 0 Å². The minimum absolute atomic E-state index is 0.0552. The van der Waals surface area contributed by atoms with Crippen LogP contribution in [0, 0.1) is 0 Å². The van der Waals surface area contributed by atoms with Gasteiger partial charge in [-0.2, -0.15) is 0 Å². The quantitative estimate of drug-likeness (QED) is 0.806. The van der Waals surface area contributed by atoms with E-state index in [1.165, 1.54) is 0 Å². The summed E-state index contributed by atoms with van der Waals surface area (Å²) in [7, 11) is 0. The highest BCUT2D eigenvalue weighted by Crippen LogP contribution is 2.10. The number of amides is 2. The van der Waals surface area contributed by atoms with Crippen molar-refractivity contribution in [1.29, 1.82) is 0 Å². The number of hydrogen-bond acceptors (Lipinski definition) is 3. The van der Waals surface area contributed by atoms with E-state index in [1.807, 2.05) is 0 Å². The maximum absolute atomic E-state index is 11.8. The van der Waals surface area contributed by atoms with Gasteiger partial charge in [0.25, 0.3) is 5.91 Å². The zero-order valence-corrected chi connectivity index (χ0v) is 9.72. The minimum atomic E-state index is -0.109. The Morgan fingerprint density at radius 1 is 1.41 bits per heavy atom. The van der Waals surface area contributed by atoms with Crippen molar-refractivity contribution < 1.29 is 9.59 Å². The Kier molecular flexibility index (Phi) is 3.37. The van der Waals surface area contributed by atoms with Crippen LogP contribution in [0.1, 0.15) is 23.7 Å². The molecule has 1 aromatic rings. The standard InChI is InChI=1S/C12H15N3O2/c1-9(16)15-7-4-11(8-15)14-12(17)10-2-5-13-6-3-10/h2-3,5-6,11H,4,7-8H2,1H3,(H,14,17). The number of nitrogens with one attached hydrogen (secondary N) is 1. The number of nitrogens with zero attached hydrogens (tertiary/aromatic N) is 2. The Bertz CT molecular complexity index is 419. The molecule has 0 aromatic carbocycles. The van der Waals surface area contributed by atoms with Crippen LogP contribution in [0.4, 0.5) is 0 Å². The summed E-state index contributed by atoms with van der Waals surface area (Å²) in [6, 6.07) is 3.40. The third kappa shape index (κ3) is 2.81. The fraction of sp³-hybridized carbons (Fsp3) is 0.417. The highest BCUT2D eigenvalue weighted by molar-refractivity contribution is 5.94. The van der Waals surface area contributed by atoms with Crippen molar-refractivity contribution in [3.05, 3.63) is 30.1 Å². The summed E-state index contributed by atoms with van der Waals surface area (Å²) in [5.74, 6) is -0.0477. The first-order valence-electron chi connectivity index (χ1n) is 5.63. The summed E-state index contributed by atoms with van der Waals surface area (Å²) in [6.07, 6.45) is 3.99. The molecule has 0 saturated carbocycles. The Hall–Kier alpha value is -1.91. The molecule has 0 bridgehead atoms. The van der Waals surface area contributed by atoms with Gasteiger partial charge in [-0.25, -0.2) is 0 Å². The van der Waals surface area contributed by atoms with Gasteiger partial charge in [0.15, 0.2) is 0 Å². The summed E-state index contributed by atoms with van der Waals surface area (Å²) in [5.41, 5.74) is 0.598. The lowest BCUT2D eigenvalue weighted by Gasteiger charge is -2.15. The largest absolute Gasteiger partial charge is 0.347 e. The minimum Gasteiger partial charge on any atom is -0.347 e. The van der Waals surface area contributed by atoms with Crippen LogP contribution in [-0.2, 0) is 4.79 Å². The van der Waals surface area contributed by atoms with E-state index in [9.17, 15) is 9.59 Å². The van der Waals surface area contributed by atoms with Gasteiger partial charge in [0.2, 0.25) is 5.91 Å². The molecule has 2 heterocycles. The van der Waals surface area contributed by atoms with Crippen LogP contribution in [0.2, 0.25) is 0 Å². The van der Waals surface area contributed by atoms with Gasteiger partial charge in [0.05, 0.1) is 0 Å². The van der Waals surface area contributed by atoms with Gasteiger partial charge in [0, 0.05) is 44.0 Å². The van der Waals surface area contributed by atoms with Crippen LogP contribution in [-0.4, -0.2) is 40.8 Å². The number of hydrogen-bond donors (Lipinski definition) is 1. The monoisotopic (exact) mass is 233 g/mol. The van der Waals surface area contributed by atoms with Gasteiger partial charge in [-0.3, -0.25) is 14.6 Å². The number of aromatic nitrogens is 1. The number of pyridine rings is 1. The molecular formula is C12H15N3O2. The van der Waals surface area contributed by atoms with Gasteiger partial charge in [-0.05, 0) is 18.6 Å². The third-order valence-corrected chi connectivity index (χ3v) is 2.91. The molecule has 0 spiro atoms. The molecule has 1 aromatic heterocycles. The maximum atomic E-state index is 11.8. The van der Waals surface area contributed by atoms with E-state index in [0.29, 0.717) is 12.1 Å². The van der Waals surface area contributed by atoms with Crippen molar-refractivity contribution in [2.24, 2.45) is 0 Å². The molecule has 0 radical (unpaired) electrons. The molecule has 1 aliphatic rings. The van der Waals surface area contributed by atoms with E-state index in [4.69, 9.17) is 0 Å². The fourth-order valence-electron chi connectivity index (χ4n) is 1.94. The molecule has 1 unspecified atom stereocenters. The first-order chi connectivity index (χ1) is 8.16. The summed E-state index contributed by atoms with van der Waals surface area (Å²) >= 11 is 0. The Morgan fingerprint density at radius 2 is 2.12 bits per heavy atom. The van der Waals surface area contributed by atoms with Gasteiger partial charge >= 0.3 is 0 Å². The Balaban J connectivity index is 1.91. The lowest BCUT2D eigenvalue weighted by molar-refractivity contribution is -0.127. The molecule has 5 heteroatoms. The second-order valence-electron chi connectivity index (χ2n) is 4.16. The second-order valence-corrected chi connectivity index (χ2v) is 4.16. The molecule has 90 valence electrons. The molecule has 1 atom stereocenters. The van der Waals surface area contributed by atoms with Gasteiger partial charge in [-0.15, -0.1) is 0 Å². The van der Waals surface area contributed by atoms with Crippen LogP contribution < -0.4 is 5.32 Å². The summed E-state index contributed by atoms with van der Waals surface area (Å²) < 4.78 is 0. The molecule has 1 N–H and O–H groups in total. The SMILES string of the molecule is CC(=O)N1CCC(NC(=O)c2ccncc2)C1. The molecule has 2 rings (SSSR count). The summed E-state index contributed by atoms with van der Waals surface area (Å²) in [6.45, 7) is 2.87. The third-order valence-electron chi connectivity index (χ3n) is 2.91. The lowest BCUT2D eigenvalue weighted by Crippen LogP contribution is -2.37. The van der Waals surface area contributed by atoms with Crippen molar-refractivity contribution in [2.45, 2.75) is 19.4 Å². The molecule has 0 aliphatic carbocycles. The smallest absolute Gasteiger partial charge is 0.251 e. The average Bonchev–Trinajstić information content (AvgIpc) is 2.79. The maximum Gasteiger partial charge on any atom is 0.251 e. The fourth-order valence-corrected chi connectivity index (χ4v) is 1.94. The molecular weight excluding hydrogens is 218 g/mol. The molecule has 2 amide bonds. The van der Waals surface area contributed by atoms with Gasteiger partial charge in [0.1, 0.15) is 0 Å². The van der Waals surface area contributed by atoms with Crippen molar-refractivity contribution in [2.75, 3.05) is 13.1 Å².